The standard InChI is InChI=1S/C24H23Cl7FNO4S/c1-38(35,36)37-11-9-22(15-6-7-17(23(26,27)28)18(12-15)24(29,30)31)8-3-10-33(14-22)21(34)13-16-19(25)4-2-5-20(16)32/h2,4-7,12H,3,8-11,13-14H2,1H3/t22-/m1/s1. The van der Waals surface area contributed by atoms with Crippen molar-refractivity contribution in [2.45, 2.75) is 38.7 Å². The number of alkyl halides is 6. The van der Waals surface area contributed by atoms with Crippen LogP contribution in [0.1, 0.15) is 41.5 Å². The smallest absolute Gasteiger partial charge is 0.264 e. The molecule has 0 spiro atoms. The summed E-state index contributed by atoms with van der Waals surface area (Å²) in [5.74, 6) is -0.921. The van der Waals surface area contributed by atoms with Gasteiger partial charge in [-0.15, -0.1) is 0 Å². The topological polar surface area (TPSA) is 63.7 Å². The second-order valence-corrected chi connectivity index (χ2v) is 15.7. The first-order chi connectivity index (χ1) is 17.4. The number of hydrogen-bond donors (Lipinski definition) is 0. The SMILES string of the molecule is CS(=O)(=O)OCC[C@]1(c2ccc(C(Cl)(Cl)Cl)c(C(Cl)(Cl)Cl)c2)CCCN(C(=O)Cc2c(F)cccc2Cl)C1. The minimum Gasteiger partial charge on any atom is -0.342 e. The van der Waals surface area contributed by atoms with Crippen molar-refractivity contribution in [1.29, 1.82) is 0 Å². The second kappa shape index (κ2) is 12.3. The number of amides is 1. The van der Waals surface area contributed by atoms with Crippen molar-refractivity contribution in [2.24, 2.45) is 0 Å². The summed E-state index contributed by atoms with van der Waals surface area (Å²) in [6.45, 7) is 0.413. The number of carbonyl (C=O) groups is 1. The summed E-state index contributed by atoms with van der Waals surface area (Å²) in [6.07, 6.45) is 2.02. The van der Waals surface area contributed by atoms with Crippen LogP contribution in [0, 0.1) is 5.82 Å². The Bertz CT molecular complexity index is 1280. The van der Waals surface area contributed by atoms with Crippen molar-refractivity contribution in [2.75, 3.05) is 26.0 Å². The third kappa shape index (κ3) is 8.17. The molecule has 5 nitrogen and oxygen atoms in total. The Morgan fingerprint density at radius 1 is 1.08 bits per heavy atom. The average molecular weight is 689 g/mol. The van der Waals surface area contributed by atoms with Crippen LogP contribution in [0.5, 0.6) is 0 Å². The predicted octanol–water partition coefficient (Wildman–Crippen LogP) is 7.60. The van der Waals surface area contributed by atoms with E-state index >= 15 is 0 Å². The van der Waals surface area contributed by atoms with Crippen LogP contribution < -0.4 is 0 Å². The van der Waals surface area contributed by atoms with E-state index in [1.807, 2.05) is 0 Å². The molecule has 38 heavy (non-hydrogen) atoms. The molecule has 14 heteroatoms. The van der Waals surface area contributed by atoms with Crippen LogP contribution in [-0.4, -0.2) is 45.2 Å². The van der Waals surface area contributed by atoms with Crippen molar-refractivity contribution in [3.63, 3.8) is 0 Å². The highest BCUT2D eigenvalue weighted by Gasteiger charge is 2.42. The maximum Gasteiger partial charge on any atom is 0.264 e. The molecule has 0 aliphatic carbocycles. The minimum atomic E-state index is -3.72. The monoisotopic (exact) mass is 685 g/mol. The number of likely N-dealkylation sites (tertiary alicyclic amines) is 1. The van der Waals surface area contributed by atoms with Crippen molar-refractivity contribution >= 4 is 97.2 Å². The predicted molar refractivity (Wildman–Crippen MR) is 153 cm³/mol. The second-order valence-electron chi connectivity index (χ2n) is 9.11. The van der Waals surface area contributed by atoms with Crippen LogP contribution >= 0.6 is 81.2 Å². The van der Waals surface area contributed by atoms with Gasteiger partial charge in [0.1, 0.15) is 5.82 Å². The van der Waals surface area contributed by atoms with Crippen molar-refractivity contribution in [3.8, 4) is 0 Å². The molecule has 0 radical (unpaired) electrons. The molecule has 0 N–H and O–H groups in total. The first-order valence-corrected chi connectivity index (χ1v) is 15.7. The van der Waals surface area contributed by atoms with Crippen LogP contribution in [0.15, 0.2) is 36.4 Å². The van der Waals surface area contributed by atoms with Gasteiger partial charge in [-0.1, -0.05) is 105 Å². The summed E-state index contributed by atoms with van der Waals surface area (Å²) in [7, 11) is -3.72. The third-order valence-corrected chi connectivity index (χ3v) is 8.61. The van der Waals surface area contributed by atoms with Gasteiger partial charge in [-0.2, -0.15) is 8.42 Å². The zero-order valence-corrected chi connectivity index (χ0v) is 26.0. The molecule has 1 saturated heterocycles. The fourth-order valence-electron chi connectivity index (χ4n) is 4.64. The van der Waals surface area contributed by atoms with E-state index in [-0.39, 0.29) is 53.6 Å². The van der Waals surface area contributed by atoms with Gasteiger partial charge in [-0.3, -0.25) is 8.98 Å². The normalized spacial score (nSPS) is 19.0. The van der Waals surface area contributed by atoms with E-state index in [2.05, 4.69) is 0 Å². The number of carbonyl (C=O) groups excluding carboxylic acids is 1. The zero-order chi connectivity index (χ0) is 28.5. The van der Waals surface area contributed by atoms with Gasteiger partial charge in [0.2, 0.25) is 13.5 Å². The molecule has 0 aromatic heterocycles. The minimum absolute atomic E-state index is 0.0984. The molecule has 1 atom stereocenters. The van der Waals surface area contributed by atoms with E-state index < -0.39 is 28.9 Å². The Hall–Kier alpha value is -0.220. The lowest BCUT2D eigenvalue weighted by Crippen LogP contribution is -2.49. The van der Waals surface area contributed by atoms with Crippen LogP contribution in [0.4, 0.5) is 4.39 Å². The van der Waals surface area contributed by atoms with Gasteiger partial charge in [0, 0.05) is 40.2 Å². The Morgan fingerprint density at radius 3 is 2.32 bits per heavy atom. The van der Waals surface area contributed by atoms with E-state index in [9.17, 15) is 17.6 Å². The van der Waals surface area contributed by atoms with E-state index in [4.69, 9.17) is 85.4 Å². The van der Waals surface area contributed by atoms with Crippen LogP contribution in [0.2, 0.25) is 5.02 Å². The molecule has 1 aliphatic rings. The summed E-state index contributed by atoms with van der Waals surface area (Å²) >= 11 is 43.2. The molecule has 0 saturated carbocycles. The molecule has 1 amide bonds. The van der Waals surface area contributed by atoms with Gasteiger partial charge >= 0.3 is 0 Å². The number of rotatable bonds is 7. The van der Waals surface area contributed by atoms with E-state index in [0.29, 0.717) is 24.9 Å². The summed E-state index contributed by atoms with van der Waals surface area (Å²) in [6, 6.07) is 9.02. The Kier molecular flexibility index (Phi) is 10.5. The lowest BCUT2D eigenvalue weighted by atomic mass is 9.71. The Balaban J connectivity index is 2.03. The molecule has 2 aromatic rings. The lowest BCUT2D eigenvalue weighted by molar-refractivity contribution is -0.133. The summed E-state index contributed by atoms with van der Waals surface area (Å²) in [5, 5.41) is 0.151. The molecular weight excluding hydrogens is 666 g/mol. The lowest BCUT2D eigenvalue weighted by Gasteiger charge is -2.44. The number of benzene rings is 2. The molecule has 0 unspecified atom stereocenters. The molecule has 0 bridgehead atoms. The van der Waals surface area contributed by atoms with Crippen molar-refractivity contribution < 1.29 is 21.8 Å². The Morgan fingerprint density at radius 2 is 1.74 bits per heavy atom. The third-order valence-electron chi connectivity index (χ3n) is 6.44. The molecule has 3 rings (SSSR count). The van der Waals surface area contributed by atoms with E-state index in [0.717, 1.165) is 6.26 Å². The van der Waals surface area contributed by atoms with Gasteiger partial charge in [-0.05, 0) is 37.0 Å². The van der Waals surface area contributed by atoms with Crippen LogP contribution in [-0.2, 0) is 38.5 Å². The molecule has 1 fully saturated rings. The van der Waals surface area contributed by atoms with Crippen molar-refractivity contribution in [3.05, 3.63) is 69.5 Å². The zero-order valence-electron chi connectivity index (χ0n) is 19.9. The first kappa shape index (κ1) is 32.3. The average Bonchev–Trinajstić information content (AvgIpc) is 2.79. The number of hydrogen-bond acceptors (Lipinski definition) is 4. The van der Waals surface area contributed by atoms with Gasteiger partial charge in [0.25, 0.3) is 10.1 Å². The summed E-state index contributed by atoms with van der Waals surface area (Å²) in [4.78, 5) is 14.9. The summed E-state index contributed by atoms with van der Waals surface area (Å²) in [5.41, 5.74) is 0.211. The van der Waals surface area contributed by atoms with Gasteiger partial charge in [-0.25, -0.2) is 4.39 Å². The molecule has 1 aliphatic heterocycles. The number of piperidine rings is 1. The van der Waals surface area contributed by atoms with Crippen molar-refractivity contribution in [1.82, 2.24) is 4.90 Å². The molecular formula is C24H23Cl7FNO4S. The number of halogens is 8. The quantitative estimate of drug-likeness (QED) is 0.222. The van der Waals surface area contributed by atoms with Crippen LogP contribution in [0.3, 0.4) is 0 Å². The van der Waals surface area contributed by atoms with E-state index in [1.54, 1.807) is 17.0 Å². The highest BCUT2D eigenvalue weighted by molar-refractivity contribution is 7.85. The van der Waals surface area contributed by atoms with E-state index in [1.165, 1.54) is 24.3 Å². The maximum atomic E-state index is 14.4. The van der Waals surface area contributed by atoms with Gasteiger partial charge < -0.3 is 4.90 Å². The first-order valence-electron chi connectivity index (χ1n) is 11.3. The van der Waals surface area contributed by atoms with Crippen LogP contribution in [0.25, 0.3) is 0 Å². The highest BCUT2D eigenvalue weighted by atomic mass is 35.6. The highest BCUT2D eigenvalue weighted by Crippen LogP contribution is 2.50. The largest absolute Gasteiger partial charge is 0.342 e. The molecule has 2 aromatic carbocycles. The fraction of sp³-hybridized carbons (Fsp3) is 0.458. The van der Waals surface area contributed by atoms with Gasteiger partial charge in [0.15, 0.2) is 0 Å². The Labute approximate surface area is 256 Å². The molecule has 210 valence electrons. The maximum absolute atomic E-state index is 14.4. The summed E-state index contributed by atoms with van der Waals surface area (Å²) < 4.78 is 38.9. The number of nitrogens with zero attached hydrogens (tertiary/aromatic N) is 1. The van der Waals surface area contributed by atoms with Gasteiger partial charge in [0.05, 0.1) is 19.3 Å². The molecule has 1 heterocycles. The fourth-order valence-corrected chi connectivity index (χ4v) is 6.22.